The van der Waals surface area contributed by atoms with Gasteiger partial charge in [-0.05, 0) is 74.3 Å². The van der Waals surface area contributed by atoms with Crippen LogP contribution >= 0.6 is 0 Å². The maximum absolute atomic E-state index is 5.64. The highest BCUT2D eigenvalue weighted by Gasteiger charge is 2.07. The Morgan fingerprint density at radius 3 is 1.96 bits per heavy atom. The van der Waals surface area contributed by atoms with E-state index in [1.165, 1.54) is 43.1 Å². The van der Waals surface area contributed by atoms with Crippen LogP contribution in [0.25, 0.3) is 43.1 Å². The van der Waals surface area contributed by atoms with Crippen LogP contribution in [0, 0.1) is 0 Å². The molecule has 0 N–H and O–H groups in total. The van der Waals surface area contributed by atoms with Gasteiger partial charge in [0.25, 0.3) is 0 Å². The number of hydrogen-bond acceptors (Lipinski definition) is 1. The van der Waals surface area contributed by atoms with Gasteiger partial charge in [0.2, 0.25) is 0 Å². The minimum Gasteiger partial charge on any atom is -0.494 e. The third kappa shape index (κ3) is 2.24. The molecule has 0 atom stereocenters. The predicted molar refractivity (Wildman–Crippen MR) is 108 cm³/mol. The molecule has 0 unspecified atom stereocenters. The van der Waals surface area contributed by atoms with Crippen molar-refractivity contribution in [3.8, 4) is 5.75 Å². The third-order valence-corrected chi connectivity index (χ3v) is 4.98. The van der Waals surface area contributed by atoms with Crippen molar-refractivity contribution in [2.75, 3.05) is 6.61 Å². The van der Waals surface area contributed by atoms with Crippen molar-refractivity contribution < 1.29 is 4.74 Å². The van der Waals surface area contributed by atoms with E-state index in [1.54, 1.807) is 0 Å². The monoisotopic (exact) mass is 322 g/mol. The molecule has 5 aromatic carbocycles. The second kappa shape index (κ2) is 5.49. The van der Waals surface area contributed by atoms with Crippen LogP contribution in [0.15, 0.2) is 78.9 Å². The molecular weight excluding hydrogens is 304 g/mol. The van der Waals surface area contributed by atoms with Gasteiger partial charge in [-0.1, -0.05) is 54.6 Å². The highest BCUT2D eigenvalue weighted by Crippen LogP contribution is 2.34. The molecule has 0 saturated carbocycles. The van der Waals surface area contributed by atoms with E-state index >= 15 is 0 Å². The van der Waals surface area contributed by atoms with Gasteiger partial charge in [-0.2, -0.15) is 0 Å². The summed E-state index contributed by atoms with van der Waals surface area (Å²) in [7, 11) is 0. The van der Waals surface area contributed by atoms with Crippen molar-refractivity contribution in [2.24, 2.45) is 0 Å². The fraction of sp³-hybridized carbons (Fsp3) is 0.0833. The Kier molecular flexibility index (Phi) is 3.14. The molecule has 1 nitrogen and oxygen atoms in total. The van der Waals surface area contributed by atoms with E-state index in [-0.39, 0.29) is 0 Å². The zero-order valence-corrected chi connectivity index (χ0v) is 14.1. The van der Waals surface area contributed by atoms with Crippen molar-refractivity contribution in [3.63, 3.8) is 0 Å². The maximum Gasteiger partial charge on any atom is 0.119 e. The molecule has 0 aromatic heterocycles. The van der Waals surface area contributed by atoms with Gasteiger partial charge >= 0.3 is 0 Å². The van der Waals surface area contributed by atoms with Gasteiger partial charge in [-0.3, -0.25) is 0 Å². The third-order valence-electron chi connectivity index (χ3n) is 4.98. The molecule has 1 heteroatoms. The van der Waals surface area contributed by atoms with E-state index in [0.717, 1.165) is 5.75 Å². The molecule has 0 bridgehead atoms. The van der Waals surface area contributed by atoms with Gasteiger partial charge in [0, 0.05) is 0 Å². The summed E-state index contributed by atoms with van der Waals surface area (Å²) in [5.74, 6) is 0.932. The van der Waals surface area contributed by atoms with E-state index in [0.29, 0.717) is 6.61 Å². The van der Waals surface area contributed by atoms with E-state index in [9.17, 15) is 0 Å². The van der Waals surface area contributed by atoms with Gasteiger partial charge in [0.1, 0.15) is 5.75 Å². The van der Waals surface area contributed by atoms with Crippen molar-refractivity contribution in [2.45, 2.75) is 6.92 Å². The molecule has 0 aliphatic heterocycles. The lowest BCUT2D eigenvalue weighted by atomic mass is 9.95. The lowest BCUT2D eigenvalue weighted by Gasteiger charge is -2.10. The molecule has 0 fully saturated rings. The highest BCUT2D eigenvalue weighted by molar-refractivity contribution is 6.19. The smallest absolute Gasteiger partial charge is 0.119 e. The van der Waals surface area contributed by atoms with E-state index < -0.39 is 0 Å². The summed E-state index contributed by atoms with van der Waals surface area (Å²) in [5.41, 5.74) is 0. The minimum absolute atomic E-state index is 0.691. The molecule has 0 spiro atoms. The molecular formula is C24H18O. The fourth-order valence-corrected chi connectivity index (χ4v) is 3.81. The average Bonchev–Trinajstić information content (AvgIpc) is 2.66. The number of rotatable bonds is 2. The van der Waals surface area contributed by atoms with Crippen LogP contribution in [-0.4, -0.2) is 6.61 Å². The van der Waals surface area contributed by atoms with Crippen LogP contribution in [0.3, 0.4) is 0 Å². The first-order chi connectivity index (χ1) is 12.3. The highest BCUT2D eigenvalue weighted by atomic mass is 16.5. The van der Waals surface area contributed by atoms with Crippen molar-refractivity contribution >= 4 is 43.1 Å². The first-order valence-corrected chi connectivity index (χ1v) is 8.74. The summed E-state index contributed by atoms with van der Waals surface area (Å²) in [5, 5.41) is 10.3. The van der Waals surface area contributed by atoms with E-state index in [1.807, 2.05) is 6.92 Å². The zero-order chi connectivity index (χ0) is 16.8. The van der Waals surface area contributed by atoms with Crippen LogP contribution in [0.2, 0.25) is 0 Å². The summed E-state index contributed by atoms with van der Waals surface area (Å²) >= 11 is 0. The standard InChI is InChI=1S/C24H18O/c1-2-25-20-9-12-21-19(14-20)8-11-23-22(21)10-7-18-13-16-5-3-4-6-17(16)15-24(18)23/h3-15H,2H2,1H3. The Morgan fingerprint density at radius 2 is 1.20 bits per heavy atom. The molecule has 0 radical (unpaired) electrons. The molecule has 5 rings (SSSR count). The Balaban J connectivity index is 1.86. The second-order valence-corrected chi connectivity index (χ2v) is 6.46. The van der Waals surface area contributed by atoms with Crippen LogP contribution in [0.1, 0.15) is 6.92 Å². The average molecular weight is 322 g/mol. The van der Waals surface area contributed by atoms with Gasteiger partial charge < -0.3 is 4.74 Å². The molecule has 0 amide bonds. The summed E-state index contributed by atoms with van der Waals surface area (Å²) in [4.78, 5) is 0. The number of ether oxygens (including phenoxy) is 1. The Bertz CT molecular complexity index is 1250. The Morgan fingerprint density at radius 1 is 0.560 bits per heavy atom. The molecule has 0 aliphatic rings. The van der Waals surface area contributed by atoms with E-state index in [4.69, 9.17) is 4.74 Å². The summed E-state index contributed by atoms with van der Waals surface area (Å²) in [6.45, 7) is 2.71. The lowest BCUT2D eigenvalue weighted by molar-refractivity contribution is 0.341. The number of fused-ring (bicyclic) bond motifs is 6. The van der Waals surface area contributed by atoms with Crippen molar-refractivity contribution in [3.05, 3.63) is 78.9 Å². The number of benzene rings is 5. The summed E-state index contributed by atoms with van der Waals surface area (Å²) < 4.78 is 5.64. The van der Waals surface area contributed by atoms with Gasteiger partial charge in [-0.15, -0.1) is 0 Å². The summed E-state index contributed by atoms with van der Waals surface area (Å²) in [6.07, 6.45) is 0. The fourth-order valence-electron chi connectivity index (χ4n) is 3.81. The molecule has 120 valence electrons. The largest absolute Gasteiger partial charge is 0.494 e. The normalized spacial score (nSPS) is 11.6. The van der Waals surface area contributed by atoms with Crippen LogP contribution in [0.4, 0.5) is 0 Å². The van der Waals surface area contributed by atoms with Crippen LogP contribution in [0.5, 0.6) is 5.75 Å². The van der Waals surface area contributed by atoms with Gasteiger partial charge in [0.15, 0.2) is 0 Å². The zero-order valence-electron chi connectivity index (χ0n) is 14.1. The quantitative estimate of drug-likeness (QED) is 0.259. The predicted octanol–water partition coefficient (Wildman–Crippen LogP) is 6.70. The first kappa shape index (κ1) is 14.3. The maximum atomic E-state index is 5.64. The van der Waals surface area contributed by atoms with Gasteiger partial charge in [0.05, 0.1) is 6.61 Å². The first-order valence-electron chi connectivity index (χ1n) is 8.74. The molecule has 5 aromatic rings. The lowest BCUT2D eigenvalue weighted by Crippen LogP contribution is -1.91. The van der Waals surface area contributed by atoms with Crippen molar-refractivity contribution in [1.82, 2.24) is 0 Å². The SMILES string of the molecule is CCOc1ccc2c(ccc3c4cc5ccccc5cc4ccc23)c1. The Hall–Kier alpha value is -3.06. The summed E-state index contributed by atoms with van der Waals surface area (Å²) in [6, 6.07) is 28.4. The molecule has 25 heavy (non-hydrogen) atoms. The van der Waals surface area contributed by atoms with Crippen molar-refractivity contribution in [1.29, 1.82) is 0 Å². The van der Waals surface area contributed by atoms with E-state index in [2.05, 4.69) is 78.9 Å². The number of hydrogen-bond donors (Lipinski definition) is 0. The topological polar surface area (TPSA) is 9.23 Å². The molecule has 0 aliphatic carbocycles. The van der Waals surface area contributed by atoms with Crippen LogP contribution in [-0.2, 0) is 0 Å². The van der Waals surface area contributed by atoms with Gasteiger partial charge in [-0.25, -0.2) is 0 Å². The Labute approximate surface area is 146 Å². The second-order valence-electron chi connectivity index (χ2n) is 6.46. The van der Waals surface area contributed by atoms with Crippen LogP contribution < -0.4 is 4.74 Å². The minimum atomic E-state index is 0.691. The molecule has 0 saturated heterocycles. The molecule has 0 heterocycles.